The number of imidazole rings is 1. The summed E-state index contributed by atoms with van der Waals surface area (Å²) in [6, 6.07) is 6.99. The zero-order valence-electron chi connectivity index (χ0n) is 18.5. The lowest BCUT2D eigenvalue weighted by molar-refractivity contribution is 0.324. The van der Waals surface area contributed by atoms with E-state index in [-0.39, 0.29) is 5.95 Å². The fourth-order valence-corrected chi connectivity index (χ4v) is 3.95. The normalized spacial score (nSPS) is 11.4. The monoisotopic (exact) mass is 474 g/mol. The standard InChI is InChI=1S/C21H22N4O7S/c1-28-13-7-6-12(17-18(13)24-21(23-17)25-33(5,26)27)19-16(22-10-32-19)11-8-14(29-2)20(31-4)15(9-11)30-3/h6-10H,1-5H3,(H2,23,24,25). The number of ether oxygens (including phenoxy) is 4. The third-order valence-electron chi connectivity index (χ3n) is 4.86. The van der Waals surface area contributed by atoms with Gasteiger partial charge in [-0.1, -0.05) is 0 Å². The van der Waals surface area contributed by atoms with Gasteiger partial charge in [0.25, 0.3) is 0 Å². The molecule has 0 atom stereocenters. The summed E-state index contributed by atoms with van der Waals surface area (Å²) in [6.45, 7) is 0. The van der Waals surface area contributed by atoms with Crippen molar-refractivity contribution in [2.75, 3.05) is 39.4 Å². The molecule has 0 saturated carbocycles. The first-order valence-corrected chi connectivity index (χ1v) is 11.5. The first-order chi connectivity index (χ1) is 15.8. The maximum atomic E-state index is 11.7. The summed E-state index contributed by atoms with van der Waals surface area (Å²) >= 11 is 0. The SMILES string of the molecule is COc1cc(-c2ncoc2-c2ccc(OC)c3[nH]c(NS(C)(=O)=O)nc23)cc(OC)c1OC. The van der Waals surface area contributed by atoms with Gasteiger partial charge in [0, 0.05) is 11.1 Å². The van der Waals surface area contributed by atoms with E-state index >= 15 is 0 Å². The summed E-state index contributed by atoms with van der Waals surface area (Å²) in [5, 5.41) is 0. The van der Waals surface area contributed by atoms with Crippen molar-refractivity contribution in [3.63, 3.8) is 0 Å². The largest absolute Gasteiger partial charge is 0.494 e. The highest BCUT2D eigenvalue weighted by atomic mass is 32.2. The Kier molecular flexibility index (Phi) is 5.77. The van der Waals surface area contributed by atoms with E-state index in [9.17, 15) is 8.42 Å². The summed E-state index contributed by atoms with van der Waals surface area (Å²) < 4.78 is 53.2. The van der Waals surface area contributed by atoms with Crippen LogP contribution < -0.4 is 23.7 Å². The van der Waals surface area contributed by atoms with Crippen molar-refractivity contribution in [3.8, 4) is 45.6 Å². The molecule has 2 aromatic heterocycles. The Morgan fingerprint density at radius 3 is 2.21 bits per heavy atom. The van der Waals surface area contributed by atoms with Crippen molar-refractivity contribution in [2.24, 2.45) is 0 Å². The number of rotatable bonds is 8. The zero-order chi connectivity index (χ0) is 23.8. The maximum absolute atomic E-state index is 11.7. The van der Waals surface area contributed by atoms with Gasteiger partial charge in [0.2, 0.25) is 21.7 Å². The van der Waals surface area contributed by atoms with Crippen LogP contribution in [-0.2, 0) is 10.0 Å². The Morgan fingerprint density at radius 2 is 1.64 bits per heavy atom. The molecule has 0 spiro atoms. The van der Waals surface area contributed by atoms with Crippen LogP contribution in [0, 0.1) is 0 Å². The third-order valence-corrected chi connectivity index (χ3v) is 5.42. The highest BCUT2D eigenvalue weighted by molar-refractivity contribution is 7.92. The van der Waals surface area contributed by atoms with Crippen LogP contribution in [0.5, 0.6) is 23.0 Å². The lowest BCUT2D eigenvalue weighted by Crippen LogP contribution is -2.10. The van der Waals surface area contributed by atoms with E-state index in [1.54, 1.807) is 24.3 Å². The third kappa shape index (κ3) is 4.12. The van der Waals surface area contributed by atoms with E-state index < -0.39 is 10.0 Å². The van der Waals surface area contributed by atoms with E-state index in [2.05, 4.69) is 19.7 Å². The first-order valence-electron chi connectivity index (χ1n) is 9.58. The molecule has 0 aliphatic heterocycles. The van der Waals surface area contributed by atoms with Gasteiger partial charge in [0.15, 0.2) is 23.7 Å². The molecule has 0 fully saturated rings. The van der Waals surface area contributed by atoms with Crippen molar-refractivity contribution in [1.29, 1.82) is 0 Å². The Labute approximate surface area is 189 Å². The summed E-state index contributed by atoms with van der Waals surface area (Å²) in [6.07, 6.45) is 2.35. The van der Waals surface area contributed by atoms with E-state index in [0.29, 0.717) is 56.6 Å². The van der Waals surface area contributed by atoms with E-state index in [1.807, 2.05) is 0 Å². The lowest BCUT2D eigenvalue weighted by Gasteiger charge is -2.14. The number of aromatic amines is 1. The number of nitrogens with zero attached hydrogens (tertiary/aromatic N) is 2. The number of oxazole rings is 1. The summed E-state index contributed by atoms with van der Waals surface area (Å²) in [5.74, 6) is 2.31. The molecule has 0 amide bonds. The number of fused-ring (bicyclic) bond motifs is 1. The van der Waals surface area contributed by atoms with Gasteiger partial charge in [-0.2, -0.15) is 0 Å². The van der Waals surface area contributed by atoms with Gasteiger partial charge >= 0.3 is 0 Å². The number of anilines is 1. The van der Waals surface area contributed by atoms with Crippen LogP contribution in [0.15, 0.2) is 35.1 Å². The Bertz CT molecular complexity index is 1400. The number of hydrogen-bond acceptors (Lipinski definition) is 9. The summed E-state index contributed by atoms with van der Waals surface area (Å²) in [4.78, 5) is 11.7. The van der Waals surface area contributed by atoms with Gasteiger partial charge in [-0.3, -0.25) is 4.72 Å². The van der Waals surface area contributed by atoms with E-state index in [1.165, 1.54) is 34.8 Å². The number of sulfonamides is 1. The second-order valence-electron chi connectivity index (χ2n) is 6.94. The van der Waals surface area contributed by atoms with Crippen LogP contribution in [0.1, 0.15) is 0 Å². The van der Waals surface area contributed by atoms with Gasteiger partial charge < -0.3 is 28.3 Å². The Balaban J connectivity index is 1.92. The molecule has 2 N–H and O–H groups in total. The minimum absolute atomic E-state index is 0.0482. The van der Waals surface area contributed by atoms with Crippen molar-refractivity contribution in [2.45, 2.75) is 0 Å². The lowest BCUT2D eigenvalue weighted by atomic mass is 10.0. The second kappa shape index (κ2) is 8.54. The summed E-state index contributed by atoms with van der Waals surface area (Å²) in [5.41, 5.74) is 2.66. The topological polar surface area (TPSA) is 138 Å². The highest BCUT2D eigenvalue weighted by Crippen LogP contribution is 2.44. The van der Waals surface area contributed by atoms with Crippen LogP contribution in [-0.4, -0.2) is 58.1 Å². The molecule has 0 aliphatic rings. The molecule has 4 aromatic rings. The fraction of sp³-hybridized carbons (Fsp3) is 0.238. The van der Waals surface area contributed by atoms with Gasteiger partial charge in [0.05, 0.1) is 34.7 Å². The number of aromatic nitrogens is 3. The molecule has 0 radical (unpaired) electrons. The van der Waals surface area contributed by atoms with Gasteiger partial charge in [-0.05, 0) is 24.3 Å². The average molecular weight is 474 g/mol. The molecular weight excluding hydrogens is 452 g/mol. The molecule has 174 valence electrons. The highest BCUT2D eigenvalue weighted by Gasteiger charge is 2.23. The predicted octanol–water partition coefficient (Wildman–Crippen LogP) is 3.29. The van der Waals surface area contributed by atoms with Crippen LogP contribution >= 0.6 is 0 Å². The molecule has 0 unspecified atom stereocenters. The smallest absolute Gasteiger partial charge is 0.232 e. The van der Waals surface area contributed by atoms with Crippen molar-refractivity contribution in [1.82, 2.24) is 15.0 Å². The maximum Gasteiger partial charge on any atom is 0.232 e. The van der Waals surface area contributed by atoms with E-state index in [4.69, 9.17) is 23.4 Å². The molecule has 0 bridgehead atoms. The predicted molar refractivity (Wildman–Crippen MR) is 122 cm³/mol. The molecule has 33 heavy (non-hydrogen) atoms. The van der Waals surface area contributed by atoms with Crippen LogP contribution in [0.25, 0.3) is 33.6 Å². The van der Waals surface area contributed by atoms with Crippen LogP contribution in [0.4, 0.5) is 5.95 Å². The number of benzene rings is 2. The summed E-state index contributed by atoms with van der Waals surface area (Å²) in [7, 11) is 2.54. The first kappa shape index (κ1) is 22.3. The number of methoxy groups -OCH3 is 4. The van der Waals surface area contributed by atoms with Crippen molar-refractivity contribution < 1.29 is 31.8 Å². The quantitative estimate of drug-likeness (QED) is 0.394. The number of hydrogen-bond donors (Lipinski definition) is 2. The minimum atomic E-state index is -3.54. The molecule has 4 rings (SSSR count). The molecule has 0 saturated heterocycles. The Hall–Kier alpha value is -3.93. The second-order valence-corrected chi connectivity index (χ2v) is 8.69. The molecule has 12 heteroatoms. The van der Waals surface area contributed by atoms with Crippen molar-refractivity contribution >= 4 is 27.0 Å². The molecular formula is C21H22N4O7S. The van der Waals surface area contributed by atoms with Gasteiger partial charge in [-0.15, -0.1) is 0 Å². The Morgan fingerprint density at radius 1 is 0.970 bits per heavy atom. The molecule has 11 nitrogen and oxygen atoms in total. The molecule has 2 aromatic carbocycles. The fourth-order valence-electron chi connectivity index (χ4n) is 3.51. The van der Waals surface area contributed by atoms with Crippen LogP contribution in [0.3, 0.4) is 0 Å². The van der Waals surface area contributed by atoms with Crippen molar-refractivity contribution in [3.05, 3.63) is 30.7 Å². The minimum Gasteiger partial charge on any atom is -0.494 e. The number of nitrogens with one attached hydrogen (secondary N) is 2. The molecule has 0 aliphatic carbocycles. The van der Waals surface area contributed by atoms with E-state index in [0.717, 1.165) is 6.26 Å². The average Bonchev–Trinajstić information content (AvgIpc) is 3.43. The van der Waals surface area contributed by atoms with Crippen LogP contribution in [0.2, 0.25) is 0 Å². The van der Waals surface area contributed by atoms with Gasteiger partial charge in [0.1, 0.15) is 22.5 Å². The molecule has 2 heterocycles. The zero-order valence-corrected chi connectivity index (χ0v) is 19.4. The number of H-pyrrole nitrogens is 1. The van der Waals surface area contributed by atoms with Gasteiger partial charge in [-0.25, -0.2) is 18.4 Å².